The van der Waals surface area contributed by atoms with Gasteiger partial charge < -0.3 is 10.5 Å². The number of nitrogen functional groups attached to an aromatic ring is 1. The van der Waals surface area contributed by atoms with E-state index in [1.54, 1.807) is 0 Å². The van der Waals surface area contributed by atoms with Crippen LogP contribution in [-0.4, -0.2) is 17.3 Å². The third-order valence-corrected chi connectivity index (χ3v) is 2.71. The van der Waals surface area contributed by atoms with E-state index in [1.165, 1.54) is 18.3 Å². The fraction of sp³-hybridized carbons (Fsp3) is 0.615. The first-order valence-corrected chi connectivity index (χ1v) is 6.38. The molecule has 1 aromatic heterocycles. The van der Waals surface area contributed by atoms with Gasteiger partial charge in [0.15, 0.2) is 6.10 Å². The third kappa shape index (κ3) is 5.81. The molecule has 3 nitrogen and oxygen atoms in total. The summed E-state index contributed by atoms with van der Waals surface area (Å²) in [6.45, 7) is 2.01. The number of nitrogens with zero attached hydrogens (tertiary/aromatic N) is 1. The van der Waals surface area contributed by atoms with Crippen LogP contribution in [0.25, 0.3) is 0 Å². The van der Waals surface area contributed by atoms with Crippen molar-refractivity contribution in [3.63, 3.8) is 0 Å². The zero-order valence-electron chi connectivity index (χ0n) is 10.9. The molecule has 0 fully saturated rings. The second-order valence-corrected chi connectivity index (χ2v) is 4.43. The van der Waals surface area contributed by atoms with E-state index in [9.17, 15) is 13.2 Å². The Balaban J connectivity index is 2.57. The Morgan fingerprint density at radius 3 is 2.53 bits per heavy atom. The van der Waals surface area contributed by atoms with Crippen LogP contribution in [-0.2, 0) is 0 Å². The van der Waals surface area contributed by atoms with Crippen molar-refractivity contribution < 1.29 is 17.9 Å². The Kier molecular flexibility index (Phi) is 5.92. The van der Waals surface area contributed by atoms with E-state index < -0.39 is 12.3 Å². The quantitative estimate of drug-likeness (QED) is 0.767. The highest BCUT2D eigenvalue weighted by Gasteiger charge is 2.41. The van der Waals surface area contributed by atoms with E-state index >= 15 is 0 Å². The molecule has 0 aliphatic heterocycles. The molecule has 1 rings (SSSR count). The molecule has 0 saturated carbocycles. The number of anilines is 1. The van der Waals surface area contributed by atoms with E-state index in [4.69, 9.17) is 10.5 Å². The SMILES string of the molecule is CCCCCC[C@@H](Oc1ccc(N)cn1)C(F)(F)F. The molecule has 0 spiro atoms. The number of ether oxygens (including phenoxy) is 1. The molecule has 1 heterocycles. The number of aromatic nitrogens is 1. The van der Waals surface area contributed by atoms with Gasteiger partial charge in [-0.15, -0.1) is 0 Å². The maximum Gasteiger partial charge on any atom is 0.425 e. The van der Waals surface area contributed by atoms with Gasteiger partial charge in [-0.2, -0.15) is 13.2 Å². The summed E-state index contributed by atoms with van der Waals surface area (Å²) >= 11 is 0. The summed E-state index contributed by atoms with van der Waals surface area (Å²) in [5, 5.41) is 0. The lowest BCUT2D eigenvalue weighted by molar-refractivity contribution is -0.197. The number of hydrogen-bond acceptors (Lipinski definition) is 3. The summed E-state index contributed by atoms with van der Waals surface area (Å²) in [5.74, 6) is -0.0491. The van der Waals surface area contributed by atoms with E-state index in [0.717, 1.165) is 19.3 Å². The van der Waals surface area contributed by atoms with E-state index in [2.05, 4.69) is 4.98 Å². The second-order valence-electron chi connectivity index (χ2n) is 4.43. The van der Waals surface area contributed by atoms with Gasteiger partial charge in [0.25, 0.3) is 0 Å². The number of halogens is 3. The van der Waals surface area contributed by atoms with Crippen LogP contribution >= 0.6 is 0 Å². The minimum Gasteiger partial charge on any atom is -0.465 e. The summed E-state index contributed by atoms with van der Waals surface area (Å²) in [5.41, 5.74) is 5.80. The van der Waals surface area contributed by atoms with Crippen molar-refractivity contribution in [2.45, 2.75) is 51.3 Å². The van der Waals surface area contributed by atoms with Gasteiger partial charge in [-0.25, -0.2) is 4.98 Å². The first-order chi connectivity index (χ1) is 8.93. The molecule has 2 N–H and O–H groups in total. The minimum absolute atomic E-state index is 0.0461. The van der Waals surface area contributed by atoms with Crippen molar-refractivity contribution in [1.82, 2.24) is 4.98 Å². The number of alkyl halides is 3. The standard InChI is InChI=1S/C13H19F3N2O/c1-2-3-4-5-6-11(13(14,15)16)19-12-8-7-10(17)9-18-12/h7-9,11H,2-6,17H2,1H3/t11-/m1/s1. The van der Waals surface area contributed by atoms with Crippen molar-refractivity contribution in [2.75, 3.05) is 5.73 Å². The number of nitrogens with two attached hydrogens (primary N) is 1. The molecule has 19 heavy (non-hydrogen) atoms. The molecule has 0 aliphatic rings. The molecular weight excluding hydrogens is 257 g/mol. The normalized spacial score (nSPS) is 13.3. The summed E-state index contributed by atoms with van der Waals surface area (Å²) in [4.78, 5) is 3.73. The first kappa shape index (κ1) is 15.6. The number of rotatable bonds is 7. The molecule has 0 saturated heterocycles. The molecular formula is C13H19F3N2O. The molecule has 108 valence electrons. The second kappa shape index (κ2) is 7.21. The predicted molar refractivity (Wildman–Crippen MR) is 67.9 cm³/mol. The van der Waals surface area contributed by atoms with E-state index in [1.807, 2.05) is 6.92 Å². The first-order valence-electron chi connectivity index (χ1n) is 6.38. The highest BCUT2D eigenvalue weighted by atomic mass is 19.4. The Labute approximate surface area is 111 Å². The zero-order valence-corrected chi connectivity index (χ0v) is 10.9. The highest BCUT2D eigenvalue weighted by Crippen LogP contribution is 2.28. The van der Waals surface area contributed by atoms with Gasteiger partial charge in [0.1, 0.15) is 0 Å². The van der Waals surface area contributed by atoms with Crippen LogP contribution in [0, 0.1) is 0 Å². The van der Waals surface area contributed by atoms with Crippen molar-refractivity contribution in [3.05, 3.63) is 18.3 Å². The van der Waals surface area contributed by atoms with Crippen molar-refractivity contribution >= 4 is 5.69 Å². The maximum absolute atomic E-state index is 12.8. The van der Waals surface area contributed by atoms with Crippen LogP contribution < -0.4 is 10.5 Å². The van der Waals surface area contributed by atoms with Crippen LogP contribution in [0.15, 0.2) is 18.3 Å². The number of pyridine rings is 1. The van der Waals surface area contributed by atoms with E-state index in [-0.39, 0.29) is 12.3 Å². The average Bonchev–Trinajstić information content (AvgIpc) is 2.34. The smallest absolute Gasteiger partial charge is 0.425 e. The summed E-state index contributed by atoms with van der Waals surface area (Å²) in [7, 11) is 0. The monoisotopic (exact) mass is 276 g/mol. The van der Waals surface area contributed by atoms with Gasteiger partial charge in [-0.05, 0) is 18.9 Å². The molecule has 0 amide bonds. The third-order valence-electron chi connectivity index (χ3n) is 2.71. The highest BCUT2D eigenvalue weighted by molar-refractivity contribution is 5.36. The molecule has 6 heteroatoms. The average molecular weight is 276 g/mol. The lowest BCUT2D eigenvalue weighted by atomic mass is 10.1. The van der Waals surface area contributed by atoms with Gasteiger partial charge in [-0.1, -0.05) is 26.2 Å². The molecule has 0 aliphatic carbocycles. The lowest BCUT2D eigenvalue weighted by Crippen LogP contribution is -2.34. The molecule has 1 atom stereocenters. The van der Waals surface area contributed by atoms with Crippen LogP contribution in [0.2, 0.25) is 0 Å². The fourth-order valence-corrected chi connectivity index (χ4v) is 1.65. The van der Waals surface area contributed by atoms with Crippen LogP contribution in [0.3, 0.4) is 0 Å². The number of hydrogen-bond donors (Lipinski definition) is 1. The Morgan fingerprint density at radius 2 is 2.00 bits per heavy atom. The number of unbranched alkanes of at least 4 members (excludes halogenated alkanes) is 3. The topological polar surface area (TPSA) is 48.1 Å². The molecule has 0 aromatic carbocycles. The summed E-state index contributed by atoms with van der Waals surface area (Å²) < 4.78 is 43.4. The minimum atomic E-state index is -4.38. The predicted octanol–water partition coefficient (Wildman–Crippen LogP) is 3.94. The lowest BCUT2D eigenvalue weighted by Gasteiger charge is -2.21. The van der Waals surface area contributed by atoms with E-state index in [0.29, 0.717) is 12.1 Å². The van der Waals surface area contributed by atoms with Crippen molar-refractivity contribution in [1.29, 1.82) is 0 Å². The zero-order chi connectivity index (χ0) is 14.3. The Morgan fingerprint density at radius 1 is 1.26 bits per heavy atom. The van der Waals surface area contributed by atoms with Crippen molar-refractivity contribution in [3.8, 4) is 5.88 Å². The molecule has 0 bridgehead atoms. The van der Waals surface area contributed by atoms with Gasteiger partial charge in [0, 0.05) is 6.07 Å². The fourth-order valence-electron chi connectivity index (χ4n) is 1.65. The molecule has 0 radical (unpaired) electrons. The van der Waals surface area contributed by atoms with Crippen molar-refractivity contribution in [2.24, 2.45) is 0 Å². The van der Waals surface area contributed by atoms with Gasteiger partial charge in [0.2, 0.25) is 5.88 Å². The van der Waals surface area contributed by atoms with Gasteiger partial charge in [0.05, 0.1) is 11.9 Å². The van der Waals surface area contributed by atoms with Crippen LogP contribution in [0.5, 0.6) is 5.88 Å². The van der Waals surface area contributed by atoms with Crippen LogP contribution in [0.1, 0.15) is 39.0 Å². The largest absolute Gasteiger partial charge is 0.465 e. The molecule has 0 unspecified atom stereocenters. The van der Waals surface area contributed by atoms with Crippen LogP contribution in [0.4, 0.5) is 18.9 Å². The Hall–Kier alpha value is -1.46. The maximum atomic E-state index is 12.8. The summed E-state index contributed by atoms with van der Waals surface area (Å²) in [6, 6.07) is 2.81. The molecule has 1 aromatic rings. The van der Waals surface area contributed by atoms with Gasteiger partial charge >= 0.3 is 6.18 Å². The summed E-state index contributed by atoms with van der Waals surface area (Å²) in [6.07, 6.45) is -1.76. The van der Waals surface area contributed by atoms with Gasteiger partial charge in [-0.3, -0.25) is 0 Å². The Bertz CT molecular complexity index is 365.